The number of nitrogens with two attached hydrogens (primary N) is 1. The number of aromatic nitrogens is 1. The van der Waals surface area contributed by atoms with Gasteiger partial charge in [-0.15, -0.1) is 11.3 Å². The topological polar surface area (TPSA) is 126 Å². The SMILES string of the molecule is Nc1ccc(Cl)c(NC(=O)c2ccccc2)c1.O=C(Nc1cc(NC(=O)c2csc(-c3ccccc3)n2)ccc1Cl)c1ccccc1. The summed E-state index contributed by atoms with van der Waals surface area (Å²) >= 11 is 13.6. The third-order valence-corrected chi connectivity index (χ3v) is 8.09. The number of hydrogen-bond acceptors (Lipinski definition) is 6. The molecule has 0 radical (unpaired) electrons. The standard InChI is InChI=1S/C23H16ClN3O2S.C13H11ClN2O/c24-18-12-11-17(13-19(18)26-21(28)15-7-3-1-4-8-15)25-22(29)20-14-30-23(27-20)16-9-5-2-6-10-16;14-11-7-6-10(15)8-12(11)16-13(17)9-4-2-1-3-5-9/h1-14H,(H,25,29)(H,26,28);1-8H,15H2,(H,16,17). The maximum Gasteiger partial charge on any atom is 0.275 e. The van der Waals surface area contributed by atoms with Gasteiger partial charge in [0, 0.05) is 33.4 Å². The first-order chi connectivity index (χ1) is 22.8. The van der Waals surface area contributed by atoms with Crippen LogP contribution < -0.4 is 21.7 Å². The summed E-state index contributed by atoms with van der Waals surface area (Å²) < 4.78 is 0. The van der Waals surface area contributed by atoms with E-state index < -0.39 is 0 Å². The predicted octanol–water partition coefficient (Wildman–Crippen LogP) is 9.14. The minimum atomic E-state index is -0.337. The molecule has 5 aromatic carbocycles. The van der Waals surface area contributed by atoms with Crippen molar-refractivity contribution in [1.29, 1.82) is 0 Å². The second kappa shape index (κ2) is 15.7. The summed E-state index contributed by atoms with van der Waals surface area (Å²) in [4.78, 5) is 41.3. The normalized spacial score (nSPS) is 10.3. The van der Waals surface area contributed by atoms with Gasteiger partial charge >= 0.3 is 0 Å². The lowest BCUT2D eigenvalue weighted by atomic mass is 10.2. The minimum absolute atomic E-state index is 0.210. The number of hydrogen-bond donors (Lipinski definition) is 4. The van der Waals surface area contributed by atoms with Crippen molar-refractivity contribution < 1.29 is 14.4 Å². The number of nitrogens with zero attached hydrogens (tertiary/aromatic N) is 1. The Hall–Kier alpha value is -5.48. The highest BCUT2D eigenvalue weighted by molar-refractivity contribution is 7.13. The van der Waals surface area contributed by atoms with Crippen molar-refractivity contribution in [2.75, 3.05) is 21.7 Å². The molecule has 6 rings (SSSR count). The molecule has 0 atom stereocenters. The van der Waals surface area contributed by atoms with Crippen molar-refractivity contribution in [2.45, 2.75) is 0 Å². The van der Waals surface area contributed by atoms with E-state index in [0.29, 0.717) is 49.6 Å². The predicted molar refractivity (Wildman–Crippen MR) is 192 cm³/mol. The van der Waals surface area contributed by atoms with Gasteiger partial charge in [-0.05, 0) is 60.7 Å². The van der Waals surface area contributed by atoms with Crippen LogP contribution in [0.4, 0.5) is 22.7 Å². The molecule has 8 nitrogen and oxygen atoms in total. The first-order valence-corrected chi connectivity index (χ1v) is 15.8. The second-order valence-corrected chi connectivity index (χ2v) is 11.6. The van der Waals surface area contributed by atoms with Crippen LogP contribution in [0, 0.1) is 0 Å². The summed E-state index contributed by atoms with van der Waals surface area (Å²) in [6, 6.07) is 37.3. The van der Waals surface area contributed by atoms with Crippen LogP contribution in [0.2, 0.25) is 10.0 Å². The van der Waals surface area contributed by atoms with Gasteiger partial charge in [0.2, 0.25) is 0 Å². The Morgan fingerprint density at radius 2 is 1.11 bits per heavy atom. The highest BCUT2D eigenvalue weighted by atomic mass is 35.5. The summed E-state index contributed by atoms with van der Waals surface area (Å²) in [5, 5.41) is 11.6. The van der Waals surface area contributed by atoms with Crippen LogP contribution in [-0.4, -0.2) is 22.7 Å². The maximum atomic E-state index is 12.6. The van der Waals surface area contributed by atoms with Gasteiger partial charge in [-0.2, -0.15) is 0 Å². The van der Waals surface area contributed by atoms with E-state index in [9.17, 15) is 14.4 Å². The summed E-state index contributed by atoms with van der Waals surface area (Å²) in [5.74, 6) is -0.831. The van der Waals surface area contributed by atoms with Crippen molar-refractivity contribution >= 4 is 75.0 Å². The van der Waals surface area contributed by atoms with Crippen LogP contribution in [0.3, 0.4) is 0 Å². The number of amides is 3. The van der Waals surface area contributed by atoms with Crippen LogP contribution in [0.25, 0.3) is 10.6 Å². The molecule has 5 N–H and O–H groups in total. The van der Waals surface area contributed by atoms with Gasteiger partial charge in [-0.3, -0.25) is 14.4 Å². The van der Waals surface area contributed by atoms with Gasteiger partial charge in [-0.25, -0.2) is 4.98 Å². The van der Waals surface area contributed by atoms with E-state index in [1.54, 1.807) is 90.3 Å². The van der Waals surface area contributed by atoms with Crippen LogP contribution in [0.1, 0.15) is 31.2 Å². The number of benzene rings is 5. The number of nitrogen functional groups attached to an aromatic ring is 1. The second-order valence-electron chi connectivity index (χ2n) is 9.93. The zero-order valence-electron chi connectivity index (χ0n) is 24.6. The van der Waals surface area contributed by atoms with Gasteiger partial charge in [0.25, 0.3) is 17.7 Å². The Bertz CT molecular complexity index is 2010. The van der Waals surface area contributed by atoms with E-state index in [-0.39, 0.29) is 17.7 Å². The van der Waals surface area contributed by atoms with Crippen LogP contribution in [-0.2, 0) is 0 Å². The fraction of sp³-hybridized carbons (Fsp3) is 0. The molecule has 0 aliphatic rings. The maximum absolute atomic E-state index is 12.6. The Morgan fingerprint density at radius 1 is 0.596 bits per heavy atom. The highest BCUT2D eigenvalue weighted by Crippen LogP contribution is 2.28. The number of rotatable bonds is 7. The number of carbonyl (C=O) groups is 3. The van der Waals surface area contributed by atoms with Crippen molar-refractivity contribution in [3.05, 3.63) is 160 Å². The van der Waals surface area contributed by atoms with Gasteiger partial charge in [0.05, 0.1) is 21.4 Å². The average Bonchev–Trinajstić information content (AvgIpc) is 3.60. The van der Waals surface area contributed by atoms with Crippen molar-refractivity contribution in [2.24, 2.45) is 0 Å². The summed E-state index contributed by atoms with van der Waals surface area (Å²) in [7, 11) is 0. The van der Waals surface area contributed by atoms with E-state index >= 15 is 0 Å². The van der Waals surface area contributed by atoms with Crippen LogP contribution >= 0.6 is 34.5 Å². The van der Waals surface area contributed by atoms with Crippen molar-refractivity contribution in [3.63, 3.8) is 0 Å². The van der Waals surface area contributed by atoms with E-state index in [2.05, 4.69) is 20.9 Å². The van der Waals surface area contributed by atoms with Crippen molar-refractivity contribution in [1.82, 2.24) is 4.98 Å². The molecule has 0 aliphatic carbocycles. The molecule has 6 aromatic rings. The number of thiazole rings is 1. The van der Waals surface area contributed by atoms with E-state index in [0.717, 1.165) is 10.6 Å². The lowest BCUT2D eigenvalue weighted by Crippen LogP contribution is -2.14. The zero-order chi connectivity index (χ0) is 33.2. The van der Waals surface area contributed by atoms with E-state index in [4.69, 9.17) is 28.9 Å². The first-order valence-electron chi connectivity index (χ1n) is 14.2. The average molecular weight is 681 g/mol. The third-order valence-electron chi connectivity index (χ3n) is 6.54. The third kappa shape index (κ3) is 9.05. The number of halogens is 2. The van der Waals surface area contributed by atoms with Gasteiger partial charge < -0.3 is 21.7 Å². The summed E-state index contributed by atoms with van der Waals surface area (Å²) in [6.07, 6.45) is 0. The molecule has 47 heavy (non-hydrogen) atoms. The van der Waals surface area contributed by atoms with Crippen LogP contribution in [0.5, 0.6) is 0 Å². The Balaban J connectivity index is 0.000000216. The molecular formula is C36H27Cl2N5O3S. The fourth-order valence-electron chi connectivity index (χ4n) is 4.19. The molecule has 0 unspecified atom stereocenters. The molecule has 0 bridgehead atoms. The molecule has 11 heteroatoms. The number of carbonyl (C=O) groups excluding carboxylic acids is 3. The summed E-state index contributed by atoms with van der Waals surface area (Å²) in [6.45, 7) is 0. The van der Waals surface area contributed by atoms with E-state index in [1.165, 1.54) is 11.3 Å². The number of nitrogens with one attached hydrogen (secondary N) is 3. The highest BCUT2D eigenvalue weighted by Gasteiger charge is 2.14. The molecule has 1 heterocycles. The lowest BCUT2D eigenvalue weighted by Gasteiger charge is -2.10. The number of anilines is 4. The Kier molecular flexibility index (Phi) is 11.0. The van der Waals surface area contributed by atoms with Crippen molar-refractivity contribution in [3.8, 4) is 10.6 Å². The molecule has 0 saturated heterocycles. The largest absolute Gasteiger partial charge is 0.399 e. The molecule has 1 aromatic heterocycles. The zero-order valence-corrected chi connectivity index (χ0v) is 26.9. The molecule has 234 valence electrons. The minimum Gasteiger partial charge on any atom is -0.399 e. The van der Waals surface area contributed by atoms with Gasteiger partial charge in [0.1, 0.15) is 10.7 Å². The Labute approximate surface area is 285 Å². The molecule has 0 aliphatic heterocycles. The first kappa shape index (κ1) is 32.9. The lowest BCUT2D eigenvalue weighted by molar-refractivity contribution is 0.101. The molecule has 0 fully saturated rings. The molecule has 0 spiro atoms. The van der Waals surface area contributed by atoms with E-state index in [1.807, 2.05) is 42.5 Å². The monoisotopic (exact) mass is 679 g/mol. The summed E-state index contributed by atoms with van der Waals surface area (Å²) in [5.41, 5.74) is 9.98. The van der Waals surface area contributed by atoms with Gasteiger partial charge in [-0.1, -0.05) is 89.9 Å². The molecule has 0 saturated carbocycles. The smallest absolute Gasteiger partial charge is 0.275 e. The quantitative estimate of drug-likeness (QED) is 0.125. The fourth-order valence-corrected chi connectivity index (χ4v) is 5.33. The van der Waals surface area contributed by atoms with Crippen LogP contribution in [0.15, 0.2) is 133 Å². The van der Waals surface area contributed by atoms with Gasteiger partial charge in [0.15, 0.2) is 0 Å². The molecule has 3 amide bonds. The Morgan fingerprint density at radius 3 is 1.68 bits per heavy atom. The molecular weight excluding hydrogens is 653 g/mol.